The monoisotopic (exact) mass is 250 g/mol. The molecule has 5 nitrogen and oxygen atoms in total. The number of carbonyl (C=O) groups excluding carboxylic acids is 1. The van der Waals surface area contributed by atoms with Crippen LogP contribution in [0.4, 0.5) is 5.82 Å². The number of aromatic nitrogens is 2. The third-order valence-corrected chi connectivity index (χ3v) is 2.96. The standard InChI is InChI=1S/C13H22N4O/c1-5-10(4)16-13(18)11-8-12(15-9-14-11)17(6-2)7-3/h8-10H,5-7H2,1-4H3,(H,16,18). The van der Waals surface area contributed by atoms with Crippen LogP contribution in [0.1, 0.15) is 44.6 Å². The number of nitrogens with one attached hydrogen (secondary N) is 1. The van der Waals surface area contributed by atoms with E-state index in [1.165, 1.54) is 6.33 Å². The van der Waals surface area contributed by atoms with Gasteiger partial charge in [-0.1, -0.05) is 6.92 Å². The molecule has 1 aromatic heterocycles. The highest BCUT2D eigenvalue weighted by Crippen LogP contribution is 2.10. The lowest BCUT2D eigenvalue weighted by Crippen LogP contribution is -2.33. The predicted octanol–water partition coefficient (Wildman–Crippen LogP) is 1.85. The second kappa shape index (κ2) is 6.93. The van der Waals surface area contributed by atoms with Crippen molar-refractivity contribution in [3.63, 3.8) is 0 Å². The SMILES string of the molecule is CCC(C)NC(=O)c1cc(N(CC)CC)ncn1. The lowest BCUT2D eigenvalue weighted by Gasteiger charge is -2.19. The minimum absolute atomic E-state index is 0.139. The third-order valence-electron chi connectivity index (χ3n) is 2.96. The molecule has 0 fully saturated rings. The van der Waals surface area contributed by atoms with Gasteiger partial charge in [0, 0.05) is 25.2 Å². The topological polar surface area (TPSA) is 58.1 Å². The second-order valence-electron chi connectivity index (χ2n) is 4.22. The van der Waals surface area contributed by atoms with Crippen LogP contribution in [-0.2, 0) is 0 Å². The molecule has 0 bridgehead atoms. The van der Waals surface area contributed by atoms with Crippen LogP contribution in [0.25, 0.3) is 0 Å². The Bertz CT molecular complexity index is 390. The van der Waals surface area contributed by atoms with Gasteiger partial charge in [0.25, 0.3) is 5.91 Å². The molecule has 1 amide bonds. The highest BCUT2D eigenvalue weighted by atomic mass is 16.1. The van der Waals surface area contributed by atoms with E-state index in [4.69, 9.17) is 0 Å². The zero-order valence-corrected chi connectivity index (χ0v) is 11.6. The van der Waals surface area contributed by atoms with Crippen LogP contribution >= 0.6 is 0 Å². The molecule has 1 N–H and O–H groups in total. The average Bonchev–Trinajstić information content (AvgIpc) is 2.40. The van der Waals surface area contributed by atoms with Gasteiger partial charge in [-0.3, -0.25) is 4.79 Å². The lowest BCUT2D eigenvalue weighted by atomic mass is 10.2. The average molecular weight is 250 g/mol. The minimum Gasteiger partial charge on any atom is -0.357 e. The fourth-order valence-corrected chi connectivity index (χ4v) is 1.59. The van der Waals surface area contributed by atoms with E-state index in [0.29, 0.717) is 5.69 Å². The summed E-state index contributed by atoms with van der Waals surface area (Å²) in [5.74, 6) is 0.657. The molecule has 0 spiro atoms. The Morgan fingerprint density at radius 3 is 2.56 bits per heavy atom. The number of rotatable bonds is 6. The van der Waals surface area contributed by atoms with Gasteiger partial charge in [-0.05, 0) is 27.2 Å². The molecule has 0 aliphatic carbocycles. The van der Waals surface area contributed by atoms with E-state index in [2.05, 4.69) is 34.0 Å². The third kappa shape index (κ3) is 3.68. The minimum atomic E-state index is -0.139. The van der Waals surface area contributed by atoms with Gasteiger partial charge in [0.05, 0.1) is 0 Å². The maximum atomic E-state index is 11.9. The Morgan fingerprint density at radius 1 is 1.33 bits per heavy atom. The van der Waals surface area contributed by atoms with Gasteiger partial charge in [0.15, 0.2) is 0 Å². The van der Waals surface area contributed by atoms with Crippen molar-refractivity contribution >= 4 is 11.7 Å². The number of hydrogen-bond acceptors (Lipinski definition) is 4. The molecule has 1 rings (SSSR count). The van der Waals surface area contributed by atoms with Gasteiger partial charge in [-0.25, -0.2) is 9.97 Å². The van der Waals surface area contributed by atoms with Gasteiger partial charge in [-0.2, -0.15) is 0 Å². The van der Waals surface area contributed by atoms with Crippen LogP contribution in [-0.4, -0.2) is 35.0 Å². The Labute approximate surface area is 109 Å². The number of anilines is 1. The van der Waals surface area contributed by atoms with E-state index in [1.54, 1.807) is 6.07 Å². The highest BCUT2D eigenvalue weighted by molar-refractivity contribution is 5.93. The van der Waals surface area contributed by atoms with E-state index in [0.717, 1.165) is 25.3 Å². The van der Waals surface area contributed by atoms with Crippen LogP contribution in [0, 0.1) is 0 Å². The van der Waals surface area contributed by atoms with Gasteiger partial charge in [-0.15, -0.1) is 0 Å². The quantitative estimate of drug-likeness (QED) is 0.837. The molecule has 18 heavy (non-hydrogen) atoms. The maximum Gasteiger partial charge on any atom is 0.270 e. The summed E-state index contributed by atoms with van der Waals surface area (Å²) in [5.41, 5.74) is 0.423. The Kier molecular flexibility index (Phi) is 5.55. The van der Waals surface area contributed by atoms with Crippen LogP contribution in [0.2, 0.25) is 0 Å². The first kappa shape index (κ1) is 14.4. The summed E-state index contributed by atoms with van der Waals surface area (Å²) in [6.07, 6.45) is 2.35. The second-order valence-corrected chi connectivity index (χ2v) is 4.22. The van der Waals surface area contributed by atoms with Crippen molar-refractivity contribution in [2.24, 2.45) is 0 Å². The highest BCUT2D eigenvalue weighted by Gasteiger charge is 2.12. The van der Waals surface area contributed by atoms with Gasteiger partial charge < -0.3 is 10.2 Å². The molecular formula is C13H22N4O. The van der Waals surface area contributed by atoms with Crippen molar-refractivity contribution in [1.82, 2.24) is 15.3 Å². The van der Waals surface area contributed by atoms with Crippen molar-refractivity contribution in [2.75, 3.05) is 18.0 Å². The summed E-state index contributed by atoms with van der Waals surface area (Å²) in [6, 6.07) is 1.90. The zero-order chi connectivity index (χ0) is 13.5. The van der Waals surface area contributed by atoms with Gasteiger partial charge in [0.1, 0.15) is 17.8 Å². The summed E-state index contributed by atoms with van der Waals surface area (Å²) in [4.78, 5) is 22.3. The Hall–Kier alpha value is -1.65. The molecule has 1 heterocycles. The number of nitrogens with zero attached hydrogens (tertiary/aromatic N) is 3. The normalized spacial score (nSPS) is 12.0. The molecule has 5 heteroatoms. The molecule has 0 aromatic carbocycles. The number of carbonyl (C=O) groups is 1. The maximum absolute atomic E-state index is 11.9. The summed E-state index contributed by atoms with van der Waals surface area (Å²) in [7, 11) is 0. The molecule has 0 saturated heterocycles. The van der Waals surface area contributed by atoms with E-state index in [1.807, 2.05) is 13.8 Å². The molecule has 0 saturated carbocycles. The fraction of sp³-hybridized carbons (Fsp3) is 0.615. The first-order chi connectivity index (χ1) is 8.62. The van der Waals surface area contributed by atoms with Crippen molar-refractivity contribution in [3.8, 4) is 0 Å². The molecule has 100 valence electrons. The van der Waals surface area contributed by atoms with E-state index in [-0.39, 0.29) is 11.9 Å². The smallest absolute Gasteiger partial charge is 0.270 e. The molecule has 1 aromatic rings. The summed E-state index contributed by atoms with van der Waals surface area (Å²) in [5, 5.41) is 2.90. The van der Waals surface area contributed by atoms with Crippen molar-refractivity contribution in [1.29, 1.82) is 0 Å². The van der Waals surface area contributed by atoms with Crippen LogP contribution in [0.15, 0.2) is 12.4 Å². The predicted molar refractivity (Wildman–Crippen MR) is 72.8 cm³/mol. The molecular weight excluding hydrogens is 228 g/mol. The van der Waals surface area contributed by atoms with E-state index >= 15 is 0 Å². The molecule has 1 atom stereocenters. The number of hydrogen-bond donors (Lipinski definition) is 1. The first-order valence-electron chi connectivity index (χ1n) is 6.50. The molecule has 0 radical (unpaired) electrons. The van der Waals surface area contributed by atoms with Crippen LogP contribution in [0.3, 0.4) is 0 Å². The van der Waals surface area contributed by atoms with E-state index < -0.39 is 0 Å². The zero-order valence-electron chi connectivity index (χ0n) is 11.6. The number of amides is 1. The summed E-state index contributed by atoms with van der Waals surface area (Å²) < 4.78 is 0. The summed E-state index contributed by atoms with van der Waals surface area (Å²) >= 11 is 0. The van der Waals surface area contributed by atoms with Gasteiger partial charge >= 0.3 is 0 Å². The Balaban J connectivity index is 2.84. The fourth-order valence-electron chi connectivity index (χ4n) is 1.59. The largest absolute Gasteiger partial charge is 0.357 e. The van der Waals surface area contributed by atoms with Crippen molar-refractivity contribution in [3.05, 3.63) is 18.1 Å². The van der Waals surface area contributed by atoms with Gasteiger partial charge in [0.2, 0.25) is 0 Å². The lowest BCUT2D eigenvalue weighted by molar-refractivity contribution is 0.0934. The van der Waals surface area contributed by atoms with Crippen LogP contribution < -0.4 is 10.2 Å². The first-order valence-corrected chi connectivity index (χ1v) is 6.50. The van der Waals surface area contributed by atoms with Crippen LogP contribution in [0.5, 0.6) is 0 Å². The molecule has 0 aliphatic rings. The van der Waals surface area contributed by atoms with E-state index in [9.17, 15) is 4.79 Å². The molecule has 0 aliphatic heterocycles. The Morgan fingerprint density at radius 2 is 2.00 bits per heavy atom. The summed E-state index contributed by atoms with van der Waals surface area (Å²) in [6.45, 7) is 9.85. The van der Waals surface area contributed by atoms with Crippen molar-refractivity contribution in [2.45, 2.75) is 40.2 Å². The molecule has 1 unspecified atom stereocenters. The van der Waals surface area contributed by atoms with Crippen molar-refractivity contribution < 1.29 is 4.79 Å².